The molecule has 1 heterocycles. The molecule has 0 radical (unpaired) electrons. The zero-order valence-corrected chi connectivity index (χ0v) is 13.7. The maximum atomic E-state index is 12.3. The van der Waals surface area contributed by atoms with E-state index in [-0.39, 0.29) is 23.6 Å². The van der Waals surface area contributed by atoms with E-state index in [4.69, 9.17) is 0 Å². The van der Waals surface area contributed by atoms with Gasteiger partial charge in [0.2, 0.25) is 5.91 Å². The first-order chi connectivity index (χ1) is 10.3. The average molecular weight is 343 g/mol. The molecule has 1 aliphatic rings. The lowest BCUT2D eigenvalue weighted by molar-refractivity contribution is -0.156. The molecule has 1 aromatic heterocycles. The molecule has 0 saturated heterocycles. The largest absolute Gasteiger partial charge is 0.480 e. The van der Waals surface area contributed by atoms with Gasteiger partial charge in [0.25, 0.3) is 0 Å². The molecule has 0 bridgehead atoms. The van der Waals surface area contributed by atoms with Crippen LogP contribution in [0.1, 0.15) is 24.1 Å². The highest BCUT2D eigenvalue weighted by atomic mass is 32.2. The van der Waals surface area contributed by atoms with E-state index >= 15 is 0 Å². The minimum Gasteiger partial charge on any atom is -0.480 e. The van der Waals surface area contributed by atoms with Gasteiger partial charge in [-0.25, -0.2) is 8.42 Å². The van der Waals surface area contributed by atoms with Crippen LogP contribution < -0.4 is 5.32 Å². The summed E-state index contributed by atoms with van der Waals surface area (Å²) in [7, 11) is -3.26. The van der Waals surface area contributed by atoms with Crippen molar-refractivity contribution >= 4 is 33.1 Å². The molecule has 1 aromatic rings. The molecule has 0 fully saturated rings. The zero-order valence-electron chi connectivity index (χ0n) is 12.0. The molecule has 0 saturated carbocycles. The van der Waals surface area contributed by atoms with Gasteiger partial charge in [-0.1, -0.05) is 12.2 Å². The molecule has 0 aliphatic heterocycles. The number of carboxylic acids is 1. The van der Waals surface area contributed by atoms with Crippen molar-refractivity contribution in [3.8, 4) is 0 Å². The van der Waals surface area contributed by atoms with Crippen molar-refractivity contribution in [2.24, 2.45) is 5.41 Å². The molecule has 22 heavy (non-hydrogen) atoms. The van der Waals surface area contributed by atoms with Gasteiger partial charge in [0.15, 0.2) is 9.84 Å². The van der Waals surface area contributed by atoms with Crippen LogP contribution in [-0.2, 0) is 26.0 Å². The summed E-state index contributed by atoms with van der Waals surface area (Å²) in [5.74, 6) is -1.66. The van der Waals surface area contributed by atoms with E-state index in [1.807, 2.05) is 6.08 Å². The number of aliphatic carboxylic acids is 1. The third-order valence-electron chi connectivity index (χ3n) is 3.64. The number of carboxylic acid groups (broad SMARTS) is 1. The van der Waals surface area contributed by atoms with Crippen LogP contribution in [0.15, 0.2) is 28.5 Å². The van der Waals surface area contributed by atoms with Gasteiger partial charge < -0.3 is 10.4 Å². The third-order valence-corrected chi connectivity index (χ3v) is 6.55. The van der Waals surface area contributed by atoms with Crippen molar-refractivity contribution in [2.45, 2.75) is 30.0 Å². The second-order valence-electron chi connectivity index (χ2n) is 5.28. The lowest BCUT2D eigenvalue weighted by atomic mass is 9.76. The number of amides is 1. The van der Waals surface area contributed by atoms with Crippen LogP contribution in [0.4, 0.5) is 0 Å². The van der Waals surface area contributed by atoms with Crippen molar-refractivity contribution < 1.29 is 23.1 Å². The van der Waals surface area contributed by atoms with E-state index in [0.29, 0.717) is 11.3 Å². The summed E-state index contributed by atoms with van der Waals surface area (Å²) in [4.78, 5) is 24.5. The summed E-state index contributed by atoms with van der Waals surface area (Å²) >= 11 is 1.07. The number of carbonyl (C=O) groups excluding carboxylic acids is 1. The Morgan fingerprint density at radius 1 is 1.36 bits per heavy atom. The first kappa shape index (κ1) is 16.7. The van der Waals surface area contributed by atoms with E-state index in [1.54, 1.807) is 12.1 Å². The number of sulfone groups is 1. The highest BCUT2D eigenvalue weighted by Crippen LogP contribution is 2.33. The molecule has 0 aromatic carbocycles. The number of rotatable bonds is 5. The lowest BCUT2D eigenvalue weighted by Crippen LogP contribution is -2.46. The molecule has 120 valence electrons. The summed E-state index contributed by atoms with van der Waals surface area (Å²) in [5.41, 5.74) is -1.42. The number of hydrogen-bond acceptors (Lipinski definition) is 5. The Morgan fingerprint density at radius 3 is 2.59 bits per heavy atom. The Kier molecular flexibility index (Phi) is 4.72. The monoisotopic (exact) mass is 343 g/mol. The molecule has 1 atom stereocenters. The number of hydrogen-bond donors (Lipinski definition) is 2. The first-order valence-corrected chi connectivity index (χ1v) is 9.42. The van der Waals surface area contributed by atoms with Gasteiger partial charge in [-0.05, 0) is 31.4 Å². The topological polar surface area (TPSA) is 101 Å². The average Bonchev–Trinajstić information content (AvgIpc) is 2.94. The Hall–Kier alpha value is -1.67. The van der Waals surface area contributed by atoms with Gasteiger partial charge in [-0.3, -0.25) is 9.59 Å². The number of allylic oxidation sites excluding steroid dienone is 2. The van der Waals surface area contributed by atoms with Crippen LogP contribution in [0.2, 0.25) is 0 Å². The third kappa shape index (κ3) is 3.38. The van der Waals surface area contributed by atoms with Crippen molar-refractivity contribution in [2.75, 3.05) is 6.26 Å². The standard InChI is InChI=1S/C14H17NO5S2/c1-22(19,20)11-6-5-10(21-11)9-15-12(16)14(13(17)18)7-3-2-4-8-14/h2-3,5-6H,4,7-9H2,1H3,(H,15,16)(H,17,18). The minimum absolute atomic E-state index is 0.123. The smallest absolute Gasteiger partial charge is 0.319 e. The molecule has 2 N–H and O–H groups in total. The maximum Gasteiger partial charge on any atom is 0.319 e. The fourth-order valence-corrected chi connectivity index (χ4v) is 4.24. The van der Waals surface area contributed by atoms with Crippen LogP contribution in [0.25, 0.3) is 0 Å². The van der Waals surface area contributed by atoms with Gasteiger partial charge in [-0.2, -0.15) is 0 Å². The van der Waals surface area contributed by atoms with Crippen molar-refractivity contribution in [1.82, 2.24) is 5.32 Å². The minimum atomic E-state index is -3.26. The van der Waals surface area contributed by atoms with Crippen molar-refractivity contribution in [3.63, 3.8) is 0 Å². The van der Waals surface area contributed by atoms with Crippen LogP contribution in [0, 0.1) is 5.41 Å². The van der Waals surface area contributed by atoms with Gasteiger partial charge in [0.05, 0.1) is 6.54 Å². The van der Waals surface area contributed by atoms with E-state index in [0.717, 1.165) is 17.6 Å². The van der Waals surface area contributed by atoms with Crippen LogP contribution >= 0.6 is 11.3 Å². The van der Waals surface area contributed by atoms with Crippen LogP contribution in [0.3, 0.4) is 0 Å². The summed E-state index contributed by atoms with van der Waals surface area (Å²) < 4.78 is 23.0. The fraction of sp³-hybridized carbons (Fsp3) is 0.429. The molecule has 1 aliphatic carbocycles. The predicted molar refractivity (Wildman–Crippen MR) is 82.3 cm³/mol. The van der Waals surface area contributed by atoms with E-state index in [2.05, 4.69) is 5.32 Å². The van der Waals surface area contributed by atoms with Gasteiger partial charge in [0, 0.05) is 11.1 Å². The highest BCUT2D eigenvalue weighted by molar-refractivity contribution is 7.92. The van der Waals surface area contributed by atoms with Gasteiger partial charge in [0.1, 0.15) is 9.62 Å². The lowest BCUT2D eigenvalue weighted by Gasteiger charge is -2.28. The van der Waals surface area contributed by atoms with E-state index in [1.165, 1.54) is 6.07 Å². The Morgan fingerprint density at radius 2 is 2.09 bits per heavy atom. The number of thiophene rings is 1. The van der Waals surface area contributed by atoms with Gasteiger partial charge in [-0.15, -0.1) is 11.3 Å². The summed E-state index contributed by atoms with van der Waals surface area (Å²) in [6.07, 6.45) is 5.69. The highest BCUT2D eigenvalue weighted by Gasteiger charge is 2.45. The van der Waals surface area contributed by atoms with Crippen LogP contribution in [0.5, 0.6) is 0 Å². The Bertz CT molecular complexity index is 719. The molecule has 1 unspecified atom stereocenters. The van der Waals surface area contributed by atoms with Crippen LogP contribution in [-0.4, -0.2) is 31.7 Å². The summed E-state index contributed by atoms with van der Waals surface area (Å²) in [6, 6.07) is 3.10. The summed E-state index contributed by atoms with van der Waals surface area (Å²) in [5, 5.41) is 12.0. The maximum absolute atomic E-state index is 12.3. The first-order valence-electron chi connectivity index (χ1n) is 6.71. The fourth-order valence-electron chi connectivity index (χ4n) is 2.32. The quantitative estimate of drug-likeness (QED) is 0.624. The zero-order chi connectivity index (χ0) is 16.4. The van der Waals surface area contributed by atoms with E-state index < -0.39 is 27.1 Å². The Balaban J connectivity index is 2.07. The molecule has 0 spiro atoms. The second-order valence-corrected chi connectivity index (χ2v) is 8.69. The van der Waals surface area contributed by atoms with E-state index in [9.17, 15) is 23.1 Å². The molecule has 2 rings (SSSR count). The molecule has 8 heteroatoms. The molecule has 6 nitrogen and oxygen atoms in total. The number of nitrogens with one attached hydrogen (secondary N) is 1. The Labute approximate surface area is 132 Å². The normalized spacial score (nSPS) is 21.5. The molecular formula is C14H17NO5S2. The predicted octanol–water partition coefficient (Wildman–Crippen LogP) is 1.58. The van der Waals surface area contributed by atoms with Crippen molar-refractivity contribution in [3.05, 3.63) is 29.2 Å². The van der Waals surface area contributed by atoms with Crippen molar-refractivity contribution in [1.29, 1.82) is 0 Å². The number of carbonyl (C=O) groups is 2. The molecular weight excluding hydrogens is 326 g/mol. The SMILES string of the molecule is CS(=O)(=O)c1ccc(CNC(=O)C2(C(=O)O)CC=CCC2)s1. The molecule has 1 amide bonds. The second kappa shape index (κ2) is 6.21. The van der Waals surface area contributed by atoms with Gasteiger partial charge >= 0.3 is 5.97 Å². The summed E-state index contributed by atoms with van der Waals surface area (Å²) in [6.45, 7) is 0.123.